The van der Waals surface area contributed by atoms with Gasteiger partial charge in [0.1, 0.15) is 0 Å². The maximum atomic E-state index is 12.8. The van der Waals surface area contributed by atoms with E-state index < -0.39 is 15.3 Å². The number of thiazole rings is 1. The van der Waals surface area contributed by atoms with Crippen molar-refractivity contribution in [3.05, 3.63) is 45.9 Å². The van der Waals surface area contributed by atoms with Crippen molar-refractivity contribution in [1.82, 2.24) is 10.3 Å². The molecule has 0 spiro atoms. The molecule has 0 saturated heterocycles. The van der Waals surface area contributed by atoms with E-state index in [9.17, 15) is 13.2 Å². The fourth-order valence-electron chi connectivity index (χ4n) is 3.03. The lowest BCUT2D eigenvalue weighted by Crippen LogP contribution is -2.49. The number of hydrogen-bond donors (Lipinski definition) is 1. The van der Waals surface area contributed by atoms with E-state index in [0.29, 0.717) is 6.54 Å². The fourth-order valence-corrected chi connectivity index (χ4v) is 4.27. The average molecular weight is 364 g/mol. The van der Waals surface area contributed by atoms with Crippen LogP contribution < -0.4 is 5.32 Å². The summed E-state index contributed by atoms with van der Waals surface area (Å²) in [5.74, 6) is -0.00786. The standard InChI is InChI=1S/C17H20N2O3S2/c1-12-19-14(11-23-12)10-18-16(20)17(8-3-9-17)13-4-6-15(7-5-13)24(2,21)22/h4-7,11H,3,8-10H2,1-2H3,(H,18,20). The summed E-state index contributed by atoms with van der Waals surface area (Å²) < 4.78 is 23.2. The summed E-state index contributed by atoms with van der Waals surface area (Å²) in [6.45, 7) is 2.36. The summed E-state index contributed by atoms with van der Waals surface area (Å²) in [5.41, 5.74) is 1.21. The highest BCUT2D eigenvalue weighted by Crippen LogP contribution is 2.44. The Hall–Kier alpha value is -1.73. The van der Waals surface area contributed by atoms with Crippen LogP contribution in [0.4, 0.5) is 0 Å². The van der Waals surface area contributed by atoms with Gasteiger partial charge in [0.15, 0.2) is 9.84 Å². The number of benzene rings is 1. The van der Waals surface area contributed by atoms with Crippen LogP contribution in [0, 0.1) is 6.92 Å². The van der Waals surface area contributed by atoms with Crippen LogP contribution in [0.15, 0.2) is 34.5 Å². The minimum atomic E-state index is -3.23. The maximum absolute atomic E-state index is 12.8. The molecule has 1 aromatic carbocycles. The molecule has 7 heteroatoms. The molecule has 1 heterocycles. The Kier molecular flexibility index (Phi) is 4.48. The van der Waals surface area contributed by atoms with Gasteiger partial charge in [0, 0.05) is 11.6 Å². The lowest BCUT2D eigenvalue weighted by Gasteiger charge is -2.40. The molecule has 2 aromatic rings. The van der Waals surface area contributed by atoms with E-state index in [1.807, 2.05) is 12.3 Å². The number of amides is 1. The SMILES string of the molecule is Cc1nc(CNC(=O)C2(c3ccc(S(C)(=O)=O)cc3)CCC2)cs1. The van der Waals surface area contributed by atoms with E-state index in [1.54, 1.807) is 35.6 Å². The first-order valence-corrected chi connectivity index (χ1v) is 10.6. The minimum Gasteiger partial charge on any atom is -0.350 e. The van der Waals surface area contributed by atoms with Crippen LogP contribution in [0.3, 0.4) is 0 Å². The molecule has 1 fully saturated rings. The van der Waals surface area contributed by atoms with Crippen molar-refractivity contribution in [1.29, 1.82) is 0 Å². The van der Waals surface area contributed by atoms with E-state index in [4.69, 9.17) is 0 Å². The van der Waals surface area contributed by atoms with Crippen molar-refractivity contribution in [2.45, 2.75) is 43.0 Å². The van der Waals surface area contributed by atoms with Crippen molar-refractivity contribution in [3.63, 3.8) is 0 Å². The third kappa shape index (κ3) is 3.23. The molecule has 3 rings (SSSR count). The molecular formula is C17H20N2O3S2. The van der Waals surface area contributed by atoms with Crippen molar-refractivity contribution in [2.75, 3.05) is 6.26 Å². The molecule has 1 saturated carbocycles. The zero-order valence-corrected chi connectivity index (χ0v) is 15.3. The Morgan fingerprint density at radius 3 is 2.42 bits per heavy atom. The van der Waals surface area contributed by atoms with Gasteiger partial charge >= 0.3 is 0 Å². The molecule has 1 aromatic heterocycles. The van der Waals surface area contributed by atoms with E-state index in [2.05, 4.69) is 10.3 Å². The summed E-state index contributed by atoms with van der Waals surface area (Å²) in [5, 5.41) is 5.91. The highest BCUT2D eigenvalue weighted by molar-refractivity contribution is 7.90. The van der Waals surface area contributed by atoms with Crippen LogP contribution in [0.1, 0.15) is 35.5 Å². The quantitative estimate of drug-likeness (QED) is 0.885. The van der Waals surface area contributed by atoms with Gasteiger partial charge < -0.3 is 5.32 Å². The van der Waals surface area contributed by atoms with Crippen molar-refractivity contribution in [2.24, 2.45) is 0 Å². The zero-order chi connectivity index (χ0) is 17.4. The normalized spacial score (nSPS) is 16.4. The number of sulfone groups is 1. The largest absolute Gasteiger partial charge is 0.350 e. The zero-order valence-electron chi connectivity index (χ0n) is 13.7. The second kappa shape index (κ2) is 6.29. The van der Waals surface area contributed by atoms with Crippen LogP contribution in [-0.4, -0.2) is 25.6 Å². The molecule has 128 valence electrons. The van der Waals surface area contributed by atoms with Crippen LogP contribution in [-0.2, 0) is 26.6 Å². The van der Waals surface area contributed by atoms with Crippen LogP contribution in [0.25, 0.3) is 0 Å². The molecule has 1 aliphatic rings. The molecule has 0 atom stereocenters. The third-order valence-corrected chi connectivity index (χ3v) is 6.52. The second-order valence-electron chi connectivity index (χ2n) is 6.27. The number of aromatic nitrogens is 1. The van der Waals surface area contributed by atoms with E-state index in [0.717, 1.165) is 35.5 Å². The Labute approximate surface area is 146 Å². The monoisotopic (exact) mass is 364 g/mol. The van der Waals surface area contributed by atoms with Gasteiger partial charge in [-0.25, -0.2) is 13.4 Å². The third-order valence-electron chi connectivity index (χ3n) is 4.57. The fraction of sp³-hybridized carbons (Fsp3) is 0.412. The molecule has 1 aliphatic carbocycles. The number of nitrogens with one attached hydrogen (secondary N) is 1. The molecular weight excluding hydrogens is 344 g/mol. The van der Waals surface area contributed by atoms with Gasteiger partial charge in [0.25, 0.3) is 0 Å². The smallest absolute Gasteiger partial charge is 0.230 e. The molecule has 0 bridgehead atoms. The van der Waals surface area contributed by atoms with Gasteiger partial charge in [-0.15, -0.1) is 11.3 Å². The predicted molar refractivity (Wildman–Crippen MR) is 93.8 cm³/mol. The van der Waals surface area contributed by atoms with Gasteiger partial charge in [-0.2, -0.15) is 0 Å². The second-order valence-corrected chi connectivity index (χ2v) is 9.35. The van der Waals surface area contributed by atoms with Crippen molar-refractivity contribution < 1.29 is 13.2 Å². The topological polar surface area (TPSA) is 76.1 Å². The Bertz CT molecular complexity index is 850. The summed E-state index contributed by atoms with van der Waals surface area (Å²) in [4.78, 5) is 17.4. The Morgan fingerprint density at radius 2 is 1.96 bits per heavy atom. The Balaban J connectivity index is 1.77. The average Bonchev–Trinajstić information content (AvgIpc) is 2.89. The van der Waals surface area contributed by atoms with E-state index in [1.165, 1.54) is 6.26 Å². The number of carbonyl (C=O) groups excluding carboxylic acids is 1. The molecule has 1 amide bonds. The first kappa shape index (κ1) is 17.1. The van der Waals surface area contributed by atoms with Crippen LogP contribution >= 0.6 is 11.3 Å². The lowest BCUT2D eigenvalue weighted by molar-refractivity contribution is -0.130. The predicted octanol–water partition coefficient (Wildman–Crippen LogP) is 2.59. The molecule has 24 heavy (non-hydrogen) atoms. The highest BCUT2D eigenvalue weighted by Gasteiger charge is 2.45. The Morgan fingerprint density at radius 1 is 1.29 bits per heavy atom. The number of nitrogens with zero attached hydrogens (tertiary/aromatic N) is 1. The maximum Gasteiger partial charge on any atom is 0.230 e. The van der Waals surface area contributed by atoms with Crippen molar-refractivity contribution >= 4 is 27.1 Å². The molecule has 5 nitrogen and oxygen atoms in total. The molecule has 1 N–H and O–H groups in total. The molecule has 0 unspecified atom stereocenters. The van der Waals surface area contributed by atoms with Gasteiger partial charge in [-0.05, 0) is 37.5 Å². The summed E-state index contributed by atoms with van der Waals surface area (Å²) in [6.07, 6.45) is 3.75. The summed E-state index contributed by atoms with van der Waals surface area (Å²) >= 11 is 1.56. The molecule has 0 aliphatic heterocycles. The number of hydrogen-bond acceptors (Lipinski definition) is 5. The van der Waals surface area contributed by atoms with Crippen LogP contribution in [0.5, 0.6) is 0 Å². The highest BCUT2D eigenvalue weighted by atomic mass is 32.2. The number of carbonyl (C=O) groups is 1. The minimum absolute atomic E-state index is 0.00786. The molecule has 0 radical (unpaired) electrons. The number of rotatable bonds is 5. The first-order valence-electron chi connectivity index (χ1n) is 7.81. The van der Waals surface area contributed by atoms with Gasteiger partial charge in [-0.3, -0.25) is 4.79 Å². The number of aryl methyl sites for hydroxylation is 1. The summed E-state index contributed by atoms with van der Waals surface area (Å²) in [6, 6.07) is 6.70. The summed E-state index contributed by atoms with van der Waals surface area (Å²) in [7, 11) is -3.23. The van der Waals surface area contributed by atoms with Crippen LogP contribution in [0.2, 0.25) is 0 Å². The van der Waals surface area contributed by atoms with Crippen molar-refractivity contribution in [3.8, 4) is 0 Å². The van der Waals surface area contributed by atoms with E-state index in [-0.39, 0.29) is 10.8 Å². The van der Waals surface area contributed by atoms with Gasteiger partial charge in [0.2, 0.25) is 5.91 Å². The van der Waals surface area contributed by atoms with Gasteiger partial charge in [0.05, 0.1) is 27.6 Å². The van der Waals surface area contributed by atoms with E-state index >= 15 is 0 Å². The first-order chi connectivity index (χ1) is 11.3. The lowest BCUT2D eigenvalue weighted by atomic mass is 9.64. The van der Waals surface area contributed by atoms with Gasteiger partial charge in [-0.1, -0.05) is 18.6 Å².